The van der Waals surface area contributed by atoms with Gasteiger partial charge in [-0.3, -0.25) is 9.93 Å². The van der Waals surface area contributed by atoms with Crippen molar-refractivity contribution >= 4 is 23.5 Å². The molecule has 0 aliphatic carbocycles. The number of carbonyl (C=O) groups is 1. The van der Waals surface area contributed by atoms with Crippen LogP contribution in [0.5, 0.6) is 0 Å². The van der Waals surface area contributed by atoms with Gasteiger partial charge in [-0.15, -0.1) is 0 Å². The first kappa shape index (κ1) is 16.1. The Morgan fingerprint density at radius 2 is 2.05 bits per heavy atom. The van der Waals surface area contributed by atoms with Crippen molar-refractivity contribution in [1.82, 2.24) is 10.2 Å². The molecule has 1 amide bonds. The standard InChI is InChI=1S/C15H24N4OS/c16-13-6-5-12(11-14(13)21-17)15(20)18-7-4-10-19-8-2-1-3-9-19/h5-6,11H,1-4,7-10,16-17H2,(H,18,20). The summed E-state index contributed by atoms with van der Waals surface area (Å²) in [4.78, 5) is 15.3. The van der Waals surface area contributed by atoms with E-state index in [1.165, 1.54) is 32.4 Å². The fourth-order valence-corrected chi connectivity index (χ4v) is 2.97. The number of likely N-dealkylation sites (tertiary alicyclic amines) is 1. The Morgan fingerprint density at radius 3 is 2.76 bits per heavy atom. The molecule has 1 fully saturated rings. The van der Waals surface area contributed by atoms with E-state index in [1.807, 2.05) is 0 Å². The molecule has 21 heavy (non-hydrogen) atoms. The number of piperidine rings is 1. The maximum atomic E-state index is 12.1. The third-order valence-electron chi connectivity index (χ3n) is 3.79. The Hall–Kier alpha value is -1.24. The van der Waals surface area contributed by atoms with E-state index in [4.69, 9.17) is 10.9 Å². The van der Waals surface area contributed by atoms with Gasteiger partial charge in [-0.25, -0.2) is 0 Å². The first-order valence-corrected chi connectivity index (χ1v) is 8.35. The van der Waals surface area contributed by atoms with Crippen LogP contribution >= 0.6 is 11.9 Å². The van der Waals surface area contributed by atoms with Gasteiger partial charge in [0.25, 0.3) is 5.91 Å². The average Bonchev–Trinajstić information content (AvgIpc) is 2.53. The zero-order valence-corrected chi connectivity index (χ0v) is 13.1. The summed E-state index contributed by atoms with van der Waals surface area (Å²) in [6.07, 6.45) is 4.94. The molecule has 116 valence electrons. The second kappa shape index (κ2) is 8.26. The average molecular weight is 308 g/mol. The molecule has 2 rings (SSSR count). The number of nitrogen functional groups attached to an aromatic ring is 1. The van der Waals surface area contributed by atoms with E-state index in [9.17, 15) is 4.79 Å². The van der Waals surface area contributed by atoms with E-state index in [-0.39, 0.29) is 5.91 Å². The Kier molecular flexibility index (Phi) is 6.35. The predicted octanol–water partition coefficient (Wildman–Crippen LogP) is 1.84. The van der Waals surface area contributed by atoms with Crippen molar-refractivity contribution in [2.24, 2.45) is 5.14 Å². The maximum Gasteiger partial charge on any atom is 0.251 e. The number of anilines is 1. The number of rotatable bonds is 6. The zero-order valence-electron chi connectivity index (χ0n) is 12.3. The van der Waals surface area contributed by atoms with E-state index in [0.717, 1.165) is 29.8 Å². The number of carbonyl (C=O) groups excluding carboxylic acids is 1. The van der Waals surface area contributed by atoms with Crippen molar-refractivity contribution in [1.29, 1.82) is 0 Å². The fourth-order valence-electron chi connectivity index (χ4n) is 2.57. The molecule has 6 heteroatoms. The van der Waals surface area contributed by atoms with Crippen molar-refractivity contribution in [3.05, 3.63) is 23.8 Å². The van der Waals surface area contributed by atoms with Crippen LogP contribution in [-0.4, -0.2) is 37.0 Å². The molecule has 0 aromatic heterocycles. The van der Waals surface area contributed by atoms with Gasteiger partial charge < -0.3 is 16.0 Å². The maximum absolute atomic E-state index is 12.1. The molecule has 5 N–H and O–H groups in total. The number of nitrogens with one attached hydrogen (secondary N) is 1. The van der Waals surface area contributed by atoms with Gasteiger partial charge in [0.15, 0.2) is 0 Å². The third kappa shape index (κ3) is 4.91. The minimum atomic E-state index is -0.0658. The van der Waals surface area contributed by atoms with Crippen molar-refractivity contribution < 1.29 is 4.79 Å². The van der Waals surface area contributed by atoms with Crippen LogP contribution in [0.2, 0.25) is 0 Å². The van der Waals surface area contributed by atoms with E-state index in [1.54, 1.807) is 18.2 Å². The topological polar surface area (TPSA) is 84.4 Å². The smallest absolute Gasteiger partial charge is 0.251 e. The van der Waals surface area contributed by atoms with Crippen LogP contribution in [0.15, 0.2) is 23.1 Å². The summed E-state index contributed by atoms with van der Waals surface area (Å²) < 4.78 is 0. The van der Waals surface area contributed by atoms with Gasteiger partial charge in [-0.1, -0.05) is 6.42 Å². The van der Waals surface area contributed by atoms with Gasteiger partial charge >= 0.3 is 0 Å². The molecule has 0 saturated carbocycles. The van der Waals surface area contributed by atoms with Gasteiger partial charge in [0.1, 0.15) is 0 Å². The Labute approximate surface area is 130 Å². The number of benzene rings is 1. The zero-order chi connectivity index (χ0) is 15.1. The van der Waals surface area contributed by atoms with Gasteiger partial charge in [-0.05, 0) is 69.0 Å². The highest BCUT2D eigenvalue weighted by atomic mass is 32.2. The van der Waals surface area contributed by atoms with Crippen LogP contribution in [0, 0.1) is 0 Å². The number of nitrogens with two attached hydrogens (primary N) is 2. The van der Waals surface area contributed by atoms with Gasteiger partial charge in [0.2, 0.25) is 0 Å². The highest BCUT2D eigenvalue weighted by molar-refractivity contribution is 7.97. The second-order valence-corrected chi connectivity index (χ2v) is 6.06. The lowest BCUT2D eigenvalue weighted by molar-refractivity contribution is 0.0951. The summed E-state index contributed by atoms with van der Waals surface area (Å²) in [5, 5.41) is 8.48. The summed E-state index contributed by atoms with van der Waals surface area (Å²) in [6.45, 7) is 4.16. The normalized spacial score (nSPS) is 15.9. The minimum absolute atomic E-state index is 0.0658. The molecule has 0 radical (unpaired) electrons. The summed E-state index contributed by atoms with van der Waals surface area (Å²) in [5.74, 6) is -0.0658. The number of nitrogens with zero attached hydrogens (tertiary/aromatic N) is 1. The Bertz CT molecular complexity index is 475. The van der Waals surface area contributed by atoms with Crippen LogP contribution in [0.1, 0.15) is 36.0 Å². The summed E-state index contributed by atoms with van der Waals surface area (Å²) in [5.41, 5.74) is 6.97. The molecule has 0 spiro atoms. The first-order valence-electron chi connectivity index (χ1n) is 7.47. The Morgan fingerprint density at radius 1 is 1.29 bits per heavy atom. The van der Waals surface area contributed by atoms with Crippen LogP contribution < -0.4 is 16.2 Å². The van der Waals surface area contributed by atoms with Gasteiger partial charge in [-0.2, -0.15) is 0 Å². The molecular formula is C15H24N4OS. The molecule has 1 aromatic carbocycles. The molecule has 0 atom stereocenters. The molecule has 5 nitrogen and oxygen atoms in total. The molecule has 1 saturated heterocycles. The monoisotopic (exact) mass is 308 g/mol. The van der Waals surface area contributed by atoms with Crippen molar-refractivity contribution in [2.75, 3.05) is 31.9 Å². The van der Waals surface area contributed by atoms with Gasteiger partial charge in [0, 0.05) is 22.7 Å². The summed E-state index contributed by atoms with van der Waals surface area (Å²) in [7, 11) is 0. The van der Waals surface area contributed by atoms with Crippen LogP contribution in [-0.2, 0) is 0 Å². The number of amides is 1. The van der Waals surface area contributed by atoms with Crippen molar-refractivity contribution in [3.8, 4) is 0 Å². The lowest BCUT2D eigenvalue weighted by atomic mass is 10.1. The molecule has 1 aliphatic rings. The highest BCUT2D eigenvalue weighted by Crippen LogP contribution is 2.21. The second-order valence-electron chi connectivity index (χ2n) is 5.38. The summed E-state index contributed by atoms with van der Waals surface area (Å²) in [6, 6.07) is 5.19. The van der Waals surface area contributed by atoms with Crippen LogP contribution in [0.25, 0.3) is 0 Å². The van der Waals surface area contributed by atoms with E-state index in [2.05, 4.69) is 10.2 Å². The molecule has 1 aromatic rings. The van der Waals surface area contributed by atoms with Gasteiger partial charge in [0.05, 0.1) is 0 Å². The van der Waals surface area contributed by atoms with Crippen molar-refractivity contribution in [2.45, 2.75) is 30.6 Å². The predicted molar refractivity (Wildman–Crippen MR) is 88.1 cm³/mol. The SMILES string of the molecule is NSc1cc(C(=O)NCCCN2CCCCC2)ccc1N. The molecule has 0 unspecified atom stereocenters. The highest BCUT2D eigenvalue weighted by Gasteiger charge is 2.10. The quantitative estimate of drug-likeness (QED) is 0.424. The molecule has 0 bridgehead atoms. The third-order valence-corrected chi connectivity index (χ3v) is 4.40. The van der Waals surface area contributed by atoms with Crippen LogP contribution in [0.4, 0.5) is 5.69 Å². The number of hydrogen-bond donors (Lipinski definition) is 3. The lowest BCUT2D eigenvalue weighted by Crippen LogP contribution is -2.33. The molecular weight excluding hydrogens is 284 g/mol. The first-order chi connectivity index (χ1) is 10.2. The minimum Gasteiger partial charge on any atom is -0.398 e. The van der Waals surface area contributed by atoms with Crippen LogP contribution in [0.3, 0.4) is 0 Å². The molecule has 1 aliphatic heterocycles. The lowest BCUT2D eigenvalue weighted by Gasteiger charge is -2.26. The summed E-state index contributed by atoms with van der Waals surface area (Å²) >= 11 is 1.06. The molecule has 1 heterocycles. The largest absolute Gasteiger partial charge is 0.398 e. The fraction of sp³-hybridized carbons (Fsp3) is 0.533. The van der Waals surface area contributed by atoms with E-state index < -0.39 is 0 Å². The number of hydrogen-bond acceptors (Lipinski definition) is 5. The Balaban J connectivity index is 1.74. The van der Waals surface area contributed by atoms with E-state index >= 15 is 0 Å². The van der Waals surface area contributed by atoms with E-state index in [0.29, 0.717) is 17.8 Å². The van der Waals surface area contributed by atoms with Crippen molar-refractivity contribution in [3.63, 3.8) is 0 Å².